The van der Waals surface area contributed by atoms with Crippen LogP contribution in [-0.4, -0.2) is 17.4 Å². The Kier molecular flexibility index (Phi) is 3.12. The fourth-order valence-corrected chi connectivity index (χ4v) is 1.57. The Morgan fingerprint density at radius 1 is 1.38 bits per heavy atom. The zero-order valence-electron chi connectivity index (χ0n) is 8.81. The molecule has 0 atom stereocenters. The molecule has 0 aliphatic carbocycles. The van der Waals surface area contributed by atoms with Crippen LogP contribution in [-0.2, 0) is 11.3 Å². The minimum absolute atomic E-state index is 0.199. The van der Waals surface area contributed by atoms with Gasteiger partial charge in [0.1, 0.15) is 0 Å². The first-order chi connectivity index (χ1) is 7.75. The van der Waals surface area contributed by atoms with Gasteiger partial charge in [-0.15, -0.1) is 0 Å². The molecule has 0 fully saturated rings. The summed E-state index contributed by atoms with van der Waals surface area (Å²) in [5.74, 6) is -0.345. The maximum absolute atomic E-state index is 10.6. The first kappa shape index (κ1) is 10.6. The lowest BCUT2D eigenvalue weighted by atomic mass is 10.1. The molecule has 0 unspecified atom stereocenters. The van der Waals surface area contributed by atoms with Crippen molar-refractivity contribution in [2.75, 3.05) is 6.54 Å². The summed E-state index contributed by atoms with van der Waals surface area (Å²) in [5, 5.41) is 4.07. The number of benzene rings is 1. The van der Waals surface area contributed by atoms with Gasteiger partial charge in [-0.25, -0.2) is 0 Å². The lowest BCUT2D eigenvalue weighted by molar-refractivity contribution is -0.117. The second-order valence-corrected chi connectivity index (χ2v) is 3.60. The van der Waals surface area contributed by atoms with E-state index in [-0.39, 0.29) is 12.5 Å². The smallest absolute Gasteiger partial charge is 0.231 e. The molecule has 4 nitrogen and oxygen atoms in total. The minimum Gasteiger partial charge on any atom is -0.369 e. The van der Waals surface area contributed by atoms with Crippen molar-refractivity contribution in [2.24, 2.45) is 5.73 Å². The van der Waals surface area contributed by atoms with Crippen LogP contribution < -0.4 is 11.1 Å². The van der Waals surface area contributed by atoms with Gasteiger partial charge in [-0.2, -0.15) is 0 Å². The zero-order chi connectivity index (χ0) is 11.4. The summed E-state index contributed by atoms with van der Waals surface area (Å²) in [6, 6.07) is 9.93. The second-order valence-electron chi connectivity index (χ2n) is 3.60. The summed E-state index contributed by atoms with van der Waals surface area (Å²) >= 11 is 0. The molecule has 1 aromatic carbocycles. The van der Waals surface area contributed by atoms with E-state index in [1.807, 2.05) is 24.3 Å². The number of carbonyl (C=O) groups excluding carboxylic acids is 1. The van der Waals surface area contributed by atoms with Crippen LogP contribution in [0.3, 0.4) is 0 Å². The lowest BCUT2D eigenvalue weighted by Crippen LogP contribution is -2.28. The van der Waals surface area contributed by atoms with Crippen molar-refractivity contribution >= 4 is 16.8 Å². The predicted molar refractivity (Wildman–Crippen MR) is 62.6 cm³/mol. The molecule has 1 heterocycles. The highest BCUT2D eigenvalue weighted by Crippen LogP contribution is 2.12. The summed E-state index contributed by atoms with van der Waals surface area (Å²) in [7, 11) is 0. The summed E-state index contributed by atoms with van der Waals surface area (Å²) in [5.41, 5.74) is 7.12. The van der Waals surface area contributed by atoms with Crippen LogP contribution in [0.2, 0.25) is 0 Å². The predicted octanol–water partition coefficient (Wildman–Crippen LogP) is 0.810. The van der Waals surface area contributed by atoms with E-state index < -0.39 is 0 Å². The van der Waals surface area contributed by atoms with E-state index in [1.54, 1.807) is 6.20 Å². The number of nitrogens with zero attached hydrogens (tertiary/aromatic N) is 1. The van der Waals surface area contributed by atoms with Gasteiger partial charge >= 0.3 is 0 Å². The molecule has 0 saturated heterocycles. The SMILES string of the molecule is NC(=O)CNCc1ccc2ncccc2c1. The third kappa shape index (κ3) is 2.55. The second kappa shape index (κ2) is 4.72. The van der Waals surface area contributed by atoms with E-state index in [9.17, 15) is 4.79 Å². The van der Waals surface area contributed by atoms with Gasteiger partial charge < -0.3 is 11.1 Å². The Hall–Kier alpha value is -1.94. The van der Waals surface area contributed by atoms with E-state index >= 15 is 0 Å². The number of hydrogen-bond acceptors (Lipinski definition) is 3. The molecule has 0 bridgehead atoms. The van der Waals surface area contributed by atoms with E-state index in [4.69, 9.17) is 5.73 Å². The van der Waals surface area contributed by atoms with Gasteiger partial charge in [0.25, 0.3) is 0 Å². The number of rotatable bonds is 4. The first-order valence-electron chi connectivity index (χ1n) is 5.08. The van der Waals surface area contributed by atoms with Gasteiger partial charge in [-0.05, 0) is 23.8 Å². The highest BCUT2D eigenvalue weighted by molar-refractivity contribution is 5.79. The van der Waals surface area contributed by atoms with Gasteiger partial charge in [0.05, 0.1) is 12.1 Å². The number of nitrogens with one attached hydrogen (secondary N) is 1. The van der Waals surface area contributed by atoms with Gasteiger partial charge in [0, 0.05) is 18.1 Å². The maximum Gasteiger partial charge on any atom is 0.231 e. The van der Waals surface area contributed by atoms with E-state index in [1.165, 1.54) is 0 Å². The average molecular weight is 215 g/mol. The monoisotopic (exact) mass is 215 g/mol. The Morgan fingerprint density at radius 3 is 3.06 bits per heavy atom. The van der Waals surface area contributed by atoms with Crippen molar-refractivity contribution in [1.29, 1.82) is 0 Å². The molecule has 1 amide bonds. The highest BCUT2D eigenvalue weighted by atomic mass is 16.1. The Morgan fingerprint density at radius 2 is 2.25 bits per heavy atom. The number of hydrogen-bond donors (Lipinski definition) is 2. The molecule has 1 aromatic heterocycles. The largest absolute Gasteiger partial charge is 0.369 e. The molecule has 2 aromatic rings. The standard InChI is InChI=1S/C12H13N3O/c13-12(16)8-14-7-9-3-4-11-10(6-9)2-1-5-15-11/h1-6,14H,7-8H2,(H2,13,16). The Labute approximate surface area is 93.5 Å². The number of aromatic nitrogens is 1. The number of primary amides is 1. The molecule has 0 aliphatic heterocycles. The number of fused-ring (bicyclic) bond motifs is 1. The topological polar surface area (TPSA) is 68.0 Å². The lowest BCUT2D eigenvalue weighted by Gasteiger charge is -2.04. The Balaban J connectivity index is 2.10. The summed E-state index contributed by atoms with van der Waals surface area (Å²) in [6.45, 7) is 0.832. The normalized spacial score (nSPS) is 10.5. The van der Waals surface area contributed by atoms with Crippen molar-refractivity contribution in [3.63, 3.8) is 0 Å². The van der Waals surface area contributed by atoms with Gasteiger partial charge in [0.2, 0.25) is 5.91 Å². The summed E-state index contributed by atoms with van der Waals surface area (Å²) < 4.78 is 0. The van der Waals surface area contributed by atoms with Crippen LogP contribution in [0, 0.1) is 0 Å². The van der Waals surface area contributed by atoms with E-state index in [0.717, 1.165) is 16.5 Å². The van der Waals surface area contributed by atoms with Gasteiger partial charge in [-0.3, -0.25) is 9.78 Å². The molecule has 16 heavy (non-hydrogen) atoms. The summed E-state index contributed by atoms with van der Waals surface area (Å²) in [4.78, 5) is 14.8. The molecule has 0 spiro atoms. The minimum atomic E-state index is -0.345. The maximum atomic E-state index is 10.6. The van der Waals surface area contributed by atoms with Crippen LogP contribution in [0.5, 0.6) is 0 Å². The molecule has 0 aliphatic rings. The summed E-state index contributed by atoms with van der Waals surface area (Å²) in [6.07, 6.45) is 1.77. The van der Waals surface area contributed by atoms with Crippen molar-refractivity contribution in [3.8, 4) is 0 Å². The molecular weight excluding hydrogens is 202 g/mol. The van der Waals surface area contributed by atoms with Gasteiger partial charge in [-0.1, -0.05) is 12.1 Å². The van der Waals surface area contributed by atoms with Crippen molar-refractivity contribution in [2.45, 2.75) is 6.54 Å². The molecule has 2 rings (SSSR count). The van der Waals surface area contributed by atoms with E-state index in [0.29, 0.717) is 6.54 Å². The number of carbonyl (C=O) groups is 1. The molecular formula is C12H13N3O. The van der Waals surface area contributed by atoms with Gasteiger partial charge in [0.15, 0.2) is 0 Å². The highest BCUT2D eigenvalue weighted by Gasteiger charge is 1.98. The Bertz CT molecular complexity index is 510. The van der Waals surface area contributed by atoms with Crippen LogP contribution in [0.15, 0.2) is 36.5 Å². The van der Waals surface area contributed by atoms with E-state index in [2.05, 4.69) is 16.4 Å². The van der Waals surface area contributed by atoms with Crippen molar-refractivity contribution < 1.29 is 4.79 Å². The first-order valence-corrected chi connectivity index (χ1v) is 5.08. The fourth-order valence-electron chi connectivity index (χ4n) is 1.57. The molecule has 0 radical (unpaired) electrons. The third-order valence-corrected chi connectivity index (χ3v) is 2.30. The molecule has 0 saturated carbocycles. The van der Waals surface area contributed by atoms with Crippen LogP contribution in [0.1, 0.15) is 5.56 Å². The average Bonchev–Trinajstić information content (AvgIpc) is 2.28. The number of nitrogens with two attached hydrogens (primary N) is 1. The molecule has 4 heteroatoms. The van der Waals surface area contributed by atoms with Crippen LogP contribution >= 0.6 is 0 Å². The number of amides is 1. The van der Waals surface area contributed by atoms with Crippen LogP contribution in [0.4, 0.5) is 0 Å². The molecule has 3 N–H and O–H groups in total. The quantitative estimate of drug-likeness (QED) is 0.793. The third-order valence-electron chi connectivity index (χ3n) is 2.30. The van der Waals surface area contributed by atoms with Crippen LogP contribution in [0.25, 0.3) is 10.9 Å². The molecule has 82 valence electrons. The number of pyridine rings is 1. The zero-order valence-corrected chi connectivity index (χ0v) is 8.81. The van der Waals surface area contributed by atoms with Crippen molar-refractivity contribution in [3.05, 3.63) is 42.1 Å². The van der Waals surface area contributed by atoms with Crippen molar-refractivity contribution in [1.82, 2.24) is 10.3 Å². The fraction of sp³-hybridized carbons (Fsp3) is 0.167.